The van der Waals surface area contributed by atoms with E-state index in [0.29, 0.717) is 23.4 Å². The highest BCUT2D eigenvalue weighted by atomic mass is 19.1. The minimum atomic E-state index is -1.31. The molecule has 0 aromatic heterocycles. The van der Waals surface area contributed by atoms with Crippen LogP contribution >= 0.6 is 0 Å². The predicted molar refractivity (Wildman–Crippen MR) is 126 cm³/mol. The first kappa shape index (κ1) is 24.9. The number of hydrogen-bond donors (Lipinski definition) is 3. The second-order valence-corrected chi connectivity index (χ2v) is 8.50. The lowest BCUT2D eigenvalue weighted by Gasteiger charge is -2.45. The Morgan fingerprint density at radius 3 is 2.68 bits per heavy atom. The van der Waals surface area contributed by atoms with Crippen molar-refractivity contribution in [2.75, 3.05) is 18.9 Å². The van der Waals surface area contributed by atoms with Crippen LogP contribution in [0.3, 0.4) is 0 Å². The molecule has 1 aliphatic rings. The molecule has 1 heterocycles. The second kappa shape index (κ2) is 10.4. The smallest absolute Gasteiger partial charge is 0.254 e. The van der Waals surface area contributed by atoms with Crippen LogP contribution in [-0.2, 0) is 0 Å². The SMILES string of the molecule is CN=CC(=CN)[C@@H]1[C@@H](C(O)Nc2ccc(F)c(C#N)c2)c2ccc(F)cc2C(=O)N1CC(C)C. The van der Waals surface area contributed by atoms with E-state index in [1.54, 1.807) is 18.0 Å². The number of fused-ring (bicyclic) bond motifs is 1. The number of nitrogens with two attached hydrogens (primary N) is 1. The molecule has 1 amide bonds. The highest BCUT2D eigenvalue weighted by Gasteiger charge is 2.44. The molecule has 2 aromatic rings. The van der Waals surface area contributed by atoms with Crippen molar-refractivity contribution in [3.63, 3.8) is 0 Å². The summed E-state index contributed by atoms with van der Waals surface area (Å²) in [5.41, 5.74) is 7.11. The van der Waals surface area contributed by atoms with Crippen LogP contribution in [-0.4, -0.2) is 48.0 Å². The number of aliphatic imine (C=N–C) groups is 1. The van der Waals surface area contributed by atoms with Crippen LogP contribution < -0.4 is 11.1 Å². The second-order valence-electron chi connectivity index (χ2n) is 8.50. The largest absolute Gasteiger partial charge is 0.404 e. The fourth-order valence-electron chi connectivity index (χ4n) is 4.30. The van der Waals surface area contributed by atoms with Gasteiger partial charge >= 0.3 is 0 Å². The van der Waals surface area contributed by atoms with Gasteiger partial charge in [0.25, 0.3) is 5.91 Å². The molecule has 7 nitrogen and oxygen atoms in total. The topological polar surface area (TPSA) is 115 Å². The summed E-state index contributed by atoms with van der Waals surface area (Å²) in [5, 5.41) is 23.4. The number of nitriles is 1. The number of nitrogens with one attached hydrogen (secondary N) is 1. The van der Waals surface area contributed by atoms with Crippen LogP contribution in [0.5, 0.6) is 0 Å². The van der Waals surface area contributed by atoms with Gasteiger partial charge in [-0.25, -0.2) is 8.78 Å². The van der Waals surface area contributed by atoms with Crippen LogP contribution in [0, 0.1) is 28.9 Å². The number of aliphatic hydroxyl groups is 1. The first-order valence-corrected chi connectivity index (χ1v) is 10.8. The Bertz CT molecular complexity index is 1170. The van der Waals surface area contributed by atoms with Gasteiger partial charge in [0.05, 0.1) is 17.5 Å². The number of carbonyl (C=O) groups excluding carboxylic acids is 1. The Labute approximate surface area is 197 Å². The van der Waals surface area contributed by atoms with Gasteiger partial charge in [0.2, 0.25) is 0 Å². The Morgan fingerprint density at radius 1 is 1.32 bits per heavy atom. The van der Waals surface area contributed by atoms with Crippen molar-refractivity contribution in [2.45, 2.75) is 32.0 Å². The highest BCUT2D eigenvalue weighted by Crippen LogP contribution is 2.39. The molecular formula is C25H27F2N5O2. The van der Waals surface area contributed by atoms with Crippen molar-refractivity contribution in [2.24, 2.45) is 16.6 Å². The number of anilines is 1. The number of nitrogens with zero attached hydrogens (tertiary/aromatic N) is 3. The molecule has 0 bridgehead atoms. The summed E-state index contributed by atoms with van der Waals surface area (Å²) in [6.07, 6.45) is 1.54. The van der Waals surface area contributed by atoms with Crippen LogP contribution in [0.1, 0.15) is 41.3 Å². The fourth-order valence-corrected chi connectivity index (χ4v) is 4.30. The molecule has 3 atom stereocenters. The van der Waals surface area contributed by atoms with E-state index in [1.807, 2.05) is 13.8 Å². The van der Waals surface area contributed by atoms with Gasteiger partial charge in [-0.1, -0.05) is 19.9 Å². The van der Waals surface area contributed by atoms with Crippen molar-refractivity contribution < 1.29 is 18.7 Å². The van der Waals surface area contributed by atoms with E-state index in [9.17, 15) is 18.7 Å². The van der Waals surface area contributed by atoms with Crippen molar-refractivity contribution in [1.29, 1.82) is 5.26 Å². The summed E-state index contributed by atoms with van der Waals surface area (Å²) >= 11 is 0. The monoisotopic (exact) mass is 467 g/mol. The molecule has 2 aromatic carbocycles. The maximum absolute atomic E-state index is 14.1. The van der Waals surface area contributed by atoms with Crippen LogP contribution in [0.4, 0.5) is 14.5 Å². The van der Waals surface area contributed by atoms with Gasteiger partial charge in [0, 0.05) is 42.8 Å². The lowest BCUT2D eigenvalue weighted by atomic mass is 9.78. The van der Waals surface area contributed by atoms with Gasteiger partial charge < -0.3 is 21.1 Å². The molecule has 0 fully saturated rings. The summed E-state index contributed by atoms with van der Waals surface area (Å²) in [6.45, 7) is 4.21. The highest BCUT2D eigenvalue weighted by molar-refractivity contribution is 5.99. The van der Waals surface area contributed by atoms with Crippen LogP contribution in [0.15, 0.2) is 53.2 Å². The number of benzene rings is 2. The standard InChI is InChI=1S/C25H27F2N5O2/c1-14(2)13-32-23(16(11-29)12-30-3)22(19-6-4-17(26)9-20(19)25(32)34)24(33)31-18-5-7-21(27)15(8-18)10-28/h4-9,11-12,14,22-24,31,33H,13,29H2,1-3H3/t22-,23+,24?/m0/s1. The van der Waals surface area contributed by atoms with Crippen molar-refractivity contribution in [1.82, 2.24) is 4.90 Å². The van der Waals surface area contributed by atoms with E-state index in [0.717, 1.165) is 12.1 Å². The Hall–Kier alpha value is -3.77. The molecule has 9 heteroatoms. The number of rotatable bonds is 7. The van der Waals surface area contributed by atoms with Crippen molar-refractivity contribution in [3.8, 4) is 6.07 Å². The van der Waals surface area contributed by atoms with Gasteiger partial charge in [-0.05, 0) is 41.8 Å². The van der Waals surface area contributed by atoms with Gasteiger partial charge in [-0.15, -0.1) is 0 Å². The van der Waals surface area contributed by atoms with E-state index in [4.69, 9.17) is 11.0 Å². The molecule has 178 valence electrons. The van der Waals surface area contributed by atoms with E-state index in [2.05, 4.69) is 10.3 Å². The molecule has 0 saturated heterocycles. The van der Waals surface area contributed by atoms with Crippen LogP contribution in [0.25, 0.3) is 0 Å². The molecular weight excluding hydrogens is 440 g/mol. The summed E-state index contributed by atoms with van der Waals surface area (Å²) in [6, 6.07) is 8.71. The number of hydrogen-bond acceptors (Lipinski definition) is 6. The zero-order valence-electron chi connectivity index (χ0n) is 19.2. The third-order valence-corrected chi connectivity index (χ3v) is 5.66. The average molecular weight is 468 g/mol. The summed E-state index contributed by atoms with van der Waals surface area (Å²) < 4.78 is 27.9. The predicted octanol–water partition coefficient (Wildman–Crippen LogP) is 3.37. The molecule has 1 aliphatic heterocycles. The lowest BCUT2D eigenvalue weighted by Crippen LogP contribution is -2.54. The lowest BCUT2D eigenvalue weighted by molar-refractivity contribution is 0.0520. The third kappa shape index (κ3) is 4.92. The molecule has 4 N–H and O–H groups in total. The Balaban J connectivity index is 2.17. The number of aliphatic hydroxyl groups excluding tert-OH is 1. The van der Waals surface area contributed by atoms with Crippen molar-refractivity contribution in [3.05, 3.63) is 76.5 Å². The van der Waals surface area contributed by atoms with Gasteiger partial charge in [0.1, 0.15) is 23.9 Å². The van der Waals surface area contributed by atoms with E-state index >= 15 is 0 Å². The molecule has 0 saturated carbocycles. The van der Waals surface area contributed by atoms with E-state index in [-0.39, 0.29) is 23.0 Å². The summed E-state index contributed by atoms with van der Waals surface area (Å²) in [5.74, 6) is -2.34. The minimum Gasteiger partial charge on any atom is -0.404 e. The van der Waals surface area contributed by atoms with E-state index < -0.39 is 29.8 Å². The molecule has 34 heavy (non-hydrogen) atoms. The van der Waals surface area contributed by atoms with Crippen LogP contribution in [0.2, 0.25) is 0 Å². The maximum Gasteiger partial charge on any atom is 0.254 e. The number of amides is 1. The molecule has 0 aliphatic carbocycles. The molecule has 1 unspecified atom stereocenters. The van der Waals surface area contributed by atoms with Gasteiger partial charge in [-0.2, -0.15) is 5.26 Å². The number of carbonyl (C=O) groups is 1. The summed E-state index contributed by atoms with van der Waals surface area (Å²) in [7, 11) is 1.57. The molecule has 0 spiro atoms. The van der Waals surface area contributed by atoms with Gasteiger partial charge in [0.15, 0.2) is 0 Å². The maximum atomic E-state index is 14.1. The molecule has 0 radical (unpaired) electrons. The Kier molecular flexibility index (Phi) is 7.64. The average Bonchev–Trinajstić information content (AvgIpc) is 2.80. The molecule has 3 rings (SSSR count). The first-order valence-electron chi connectivity index (χ1n) is 10.8. The quantitative estimate of drug-likeness (QED) is 0.427. The number of halogens is 2. The fraction of sp³-hybridized carbons (Fsp3) is 0.320. The zero-order valence-corrected chi connectivity index (χ0v) is 19.2. The van der Waals surface area contributed by atoms with Gasteiger partial charge in [-0.3, -0.25) is 9.79 Å². The van der Waals surface area contributed by atoms with E-state index in [1.165, 1.54) is 36.7 Å². The third-order valence-electron chi connectivity index (χ3n) is 5.66. The summed E-state index contributed by atoms with van der Waals surface area (Å²) in [4.78, 5) is 19.1. The first-order chi connectivity index (χ1) is 16.2. The normalized spacial score (nSPS) is 19.3. The van der Waals surface area contributed by atoms with Crippen molar-refractivity contribution >= 4 is 17.8 Å². The Morgan fingerprint density at radius 2 is 2.06 bits per heavy atom. The zero-order chi connectivity index (χ0) is 25.0. The minimum absolute atomic E-state index is 0.0696.